The molecule has 0 saturated heterocycles. The van der Waals surface area contributed by atoms with Crippen molar-refractivity contribution in [3.63, 3.8) is 0 Å². The largest absolute Gasteiger partial charge is 0.493 e. The molecule has 0 aromatic heterocycles. The summed E-state index contributed by atoms with van der Waals surface area (Å²) in [6.07, 6.45) is 3.65. The van der Waals surface area contributed by atoms with Crippen LogP contribution in [0.4, 0.5) is 0 Å². The predicted molar refractivity (Wildman–Crippen MR) is 127 cm³/mol. The smallest absolute Gasteiger partial charge is 0.230 e. The Morgan fingerprint density at radius 3 is 2.31 bits per heavy atom. The summed E-state index contributed by atoms with van der Waals surface area (Å²) < 4.78 is 28.5. The lowest BCUT2D eigenvalue weighted by atomic mass is 9.89. The molecule has 1 saturated carbocycles. The first-order valence-corrected chi connectivity index (χ1v) is 11.3. The van der Waals surface area contributed by atoms with Crippen LogP contribution in [0.5, 0.6) is 5.75 Å². The molecule has 0 bridgehead atoms. The number of carbonyl (C=O) groups excluding carboxylic acids is 1. The van der Waals surface area contributed by atoms with Crippen molar-refractivity contribution in [3.05, 3.63) is 65.7 Å². The van der Waals surface area contributed by atoms with Gasteiger partial charge in [0.05, 0.1) is 33.5 Å². The number of hydrogen-bond acceptors (Lipinski definition) is 4. The van der Waals surface area contributed by atoms with E-state index in [4.69, 9.17) is 12.2 Å². The van der Waals surface area contributed by atoms with Crippen molar-refractivity contribution in [1.82, 2.24) is 5.32 Å². The summed E-state index contributed by atoms with van der Waals surface area (Å²) in [6.45, 7) is 3.65. The fourth-order valence-corrected chi connectivity index (χ4v) is 4.21. The molecule has 2 N–H and O–H groups in total. The Labute approximate surface area is 194 Å². The Morgan fingerprint density at radius 1 is 1.12 bits per heavy atom. The fraction of sp³-hybridized carbons (Fsp3) is 0.519. The minimum atomic E-state index is -1.77. The quantitative estimate of drug-likeness (QED) is 0.544. The Morgan fingerprint density at radius 2 is 1.75 bits per heavy atom. The predicted octanol–water partition coefficient (Wildman–Crippen LogP) is 5.00. The minimum absolute atomic E-state index is 0.297. The number of aliphatic hydroxyl groups is 1. The van der Waals surface area contributed by atoms with Crippen molar-refractivity contribution < 1.29 is 22.1 Å². The molecule has 1 fully saturated rings. The van der Waals surface area contributed by atoms with Crippen LogP contribution in [0, 0.1) is 5.41 Å². The lowest BCUT2D eigenvalue weighted by molar-refractivity contribution is -0.126. The number of ether oxygens (including phenoxy) is 2. The molecule has 1 aliphatic rings. The molecule has 5 nitrogen and oxygen atoms in total. The third kappa shape index (κ3) is 5.90. The molecule has 1 amide bonds. The van der Waals surface area contributed by atoms with E-state index >= 15 is 0 Å². The molecule has 0 radical (unpaired) electrons. The summed E-state index contributed by atoms with van der Waals surface area (Å²) in [4.78, 5) is 13.2. The number of nitrogens with one attached hydrogen (secondary N) is 1. The molecule has 1 aliphatic carbocycles. The molecule has 2 atom stereocenters. The molecule has 2 aromatic rings. The average molecular weight is 442 g/mol. The number of carbonyl (C=O) groups is 1. The van der Waals surface area contributed by atoms with E-state index in [0.29, 0.717) is 5.75 Å². The summed E-state index contributed by atoms with van der Waals surface area (Å²) in [7, 11) is 1.59. The van der Waals surface area contributed by atoms with E-state index in [1.807, 2.05) is 63.2 Å². The first-order chi connectivity index (χ1) is 16.0. The standard InChI is InChI=1S/C27H37NO4/c1-26(2,31-4)24(28-25(30)23(18-29)20-10-6-5-7-11-20)21-12-14-22(15-13-21)32-19-27(3)16-8-9-17-27/h5-7,10-15,23-24,29H,8-9,16-19H2,1-4H3,(H,28,30)/t23-,24+/m0/s1/i19D2. The van der Waals surface area contributed by atoms with Crippen LogP contribution >= 0.6 is 0 Å². The highest BCUT2D eigenvalue weighted by Crippen LogP contribution is 2.38. The number of benzene rings is 2. The number of hydrogen-bond donors (Lipinski definition) is 2. The summed E-state index contributed by atoms with van der Waals surface area (Å²) in [5, 5.41) is 13.0. The van der Waals surface area contributed by atoms with Crippen LogP contribution in [0.25, 0.3) is 0 Å². The van der Waals surface area contributed by atoms with Gasteiger partial charge in [0, 0.05) is 12.5 Å². The zero-order valence-electron chi connectivity index (χ0n) is 21.6. The second-order valence-corrected chi connectivity index (χ2v) is 9.44. The summed E-state index contributed by atoms with van der Waals surface area (Å²) in [6, 6.07) is 15.8. The molecule has 5 heteroatoms. The molecule has 0 spiro atoms. The summed E-state index contributed by atoms with van der Waals surface area (Å²) in [5.41, 5.74) is 0.297. The SMILES string of the molecule is [2H]C([2H])(Oc1ccc([C@@H](NC(=O)[C@@H](CO)c2ccccc2)C(C)(C)OC)cc1)C1(C)CCCC1. The summed E-state index contributed by atoms with van der Waals surface area (Å²) in [5.74, 6) is -0.548. The van der Waals surface area contributed by atoms with Crippen LogP contribution in [-0.2, 0) is 9.53 Å². The van der Waals surface area contributed by atoms with E-state index in [0.717, 1.165) is 36.8 Å². The van der Waals surface area contributed by atoms with Crippen molar-refractivity contribution in [1.29, 1.82) is 0 Å². The van der Waals surface area contributed by atoms with E-state index in [9.17, 15) is 9.90 Å². The van der Waals surface area contributed by atoms with Crippen molar-refractivity contribution in [2.45, 2.75) is 64.0 Å². The third-order valence-corrected chi connectivity index (χ3v) is 6.54. The van der Waals surface area contributed by atoms with E-state index < -0.39 is 29.5 Å². The average Bonchev–Trinajstić information content (AvgIpc) is 3.27. The van der Waals surface area contributed by atoms with Gasteiger partial charge < -0.3 is 19.9 Å². The van der Waals surface area contributed by atoms with Gasteiger partial charge >= 0.3 is 0 Å². The van der Waals surface area contributed by atoms with Crippen LogP contribution < -0.4 is 10.1 Å². The van der Waals surface area contributed by atoms with Gasteiger partial charge in [-0.3, -0.25) is 4.79 Å². The normalized spacial score (nSPS) is 18.9. The zero-order chi connectivity index (χ0) is 25.0. The van der Waals surface area contributed by atoms with Crippen molar-refractivity contribution in [2.75, 3.05) is 20.3 Å². The molecule has 3 rings (SSSR count). The highest BCUT2D eigenvalue weighted by Gasteiger charge is 2.34. The maximum absolute atomic E-state index is 13.2. The highest BCUT2D eigenvalue weighted by molar-refractivity contribution is 5.84. The van der Waals surface area contributed by atoms with Gasteiger partial charge in [0.25, 0.3) is 0 Å². The fourth-order valence-electron chi connectivity index (χ4n) is 4.21. The van der Waals surface area contributed by atoms with Gasteiger partial charge in [-0.15, -0.1) is 0 Å². The second kappa shape index (κ2) is 10.5. The maximum atomic E-state index is 13.2. The van der Waals surface area contributed by atoms with Crippen molar-refractivity contribution >= 4 is 5.91 Å². The van der Waals surface area contributed by atoms with Gasteiger partial charge in [0.1, 0.15) is 5.75 Å². The Balaban J connectivity index is 1.80. The van der Waals surface area contributed by atoms with E-state index in [2.05, 4.69) is 5.32 Å². The third-order valence-electron chi connectivity index (χ3n) is 6.54. The molecule has 32 heavy (non-hydrogen) atoms. The summed E-state index contributed by atoms with van der Waals surface area (Å²) >= 11 is 0. The molecule has 0 heterocycles. The molecule has 174 valence electrons. The first-order valence-electron chi connectivity index (χ1n) is 12.3. The Hall–Kier alpha value is -2.37. The van der Waals surface area contributed by atoms with Crippen LogP contribution in [0.15, 0.2) is 54.6 Å². The number of amides is 1. The second-order valence-electron chi connectivity index (χ2n) is 9.44. The van der Waals surface area contributed by atoms with E-state index in [1.165, 1.54) is 0 Å². The zero-order valence-corrected chi connectivity index (χ0v) is 19.6. The van der Waals surface area contributed by atoms with Crippen LogP contribution in [0.3, 0.4) is 0 Å². The Bertz CT molecular complexity index is 941. The number of methoxy groups -OCH3 is 1. The highest BCUT2D eigenvalue weighted by atomic mass is 16.5. The van der Waals surface area contributed by atoms with Gasteiger partial charge in [-0.2, -0.15) is 0 Å². The van der Waals surface area contributed by atoms with Gasteiger partial charge in [0.2, 0.25) is 5.91 Å². The van der Waals surface area contributed by atoms with Gasteiger partial charge in [0.15, 0.2) is 0 Å². The van der Waals surface area contributed by atoms with Crippen LogP contribution in [-0.4, -0.2) is 36.9 Å². The van der Waals surface area contributed by atoms with Crippen LogP contribution in [0.2, 0.25) is 0 Å². The lowest BCUT2D eigenvalue weighted by Crippen LogP contribution is -2.45. The monoisotopic (exact) mass is 441 g/mol. The van der Waals surface area contributed by atoms with Gasteiger partial charge in [-0.25, -0.2) is 0 Å². The molecule has 0 unspecified atom stereocenters. The van der Waals surface area contributed by atoms with Crippen molar-refractivity contribution in [3.8, 4) is 5.75 Å². The maximum Gasteiger partial charge on any atom is 0.230 e. The topological polar surface area (TPSA) is 67.8 Å². The van der Waals surface area contributed by atoms with E-state index in [-0.39, 0.29) is 12.5 Å². The lowest BCUT2D eigenvalue weighted by Gasteiger charge is -2.35. The van der Waals surface area contributed by atoms with Crippen LogP contribution in [0.1, 0.15) is 72.3 Å². The molecular formula is C27H37NO4. The number of rotatable bonds is 10. The molecule has 0 aliphatic heterocycles. The number of aliphatic hydroxyl groups excluding tert-OH is 1. The molecular weight excluding hydrogens is 402 g/mol. The van der Waals surface area contributed by atoms with Crippen molar-refractivity contribution in [2.24, 2.45) is 5.41 Å². The Kier molecular flexibility index (Phi) is 7.04. The van der Waals surface area contributed by atoms with Gasteiger partial charge in [-0.05, 0) is 49.9 Å². The van der Waals surface area contributed by atoms with Gasteiger partial charge in [-0.1, -0.05) is 62.2 Å². The first kappa shape index (κ1) is 21.5. The minimum Gasteiger partial charge on any atom is -0.493 e. The van der Waals surface area contributed by atoms with E-state index in [1.54, 1.807) is 19.2 Å². The molecule has 2 aromatic carbocycles.